The third-order valence-electron chi connectivity index (χ3n) is 4.87. The molecule has 0 bridgehead atoms. The molecule has 1 atom stereocenters. The van der Waals surface area contributed by atoms with Gasteiger partial charge in [0.15, 0.2) is 0 Å². The first-order valence-corrected chi connectivity index (χ1v) is 9.35. The van der Waals surface area contributed by atoms with Gasteiger partial charge >= 0.3 is 5.97 Å². The van der Waals surface area contributed by atoms with E-state index in [9.17, 15) is 9.90 Å². The maximum absolute atomic E-state index is 11.4. The molecule has 28 heavy (non-hydrogen) atoms. The van der Waals surface area contributed by atoms with Crippen molar-refractivity contribution in [3.8, 4) is 11.1 Å². The Labute approximate surface area is 165 Å². The molecular weight excluding hydrogens is 348 g/mol. The molecule has 1 unspecified atom stereocenters. The largest absolute Gasteiger partial charge is 0.481 e. The van der Waals surface area contributed by atoms with Crippen LogP contribution in [0.3, 0.4) is 0 Å². The lowest BCUT2D eigenvalue weighted by molar-refractivity contribution is -0.137. The van der Waals surface area contributed by atoms with Crippen LogP contribution in [0.5, 0.6) is 0 Å². The number of nitrogens with two attached hydrogens (primary N) is 1. The summed E-state index contributed by atoms with van der Waals surface area (Å²) < 4.78 is 0. The van der Waals surface area contributed by atoms with Gasteiger partial charge in [0.25, 0.3) is 0 Å². The zero-order valence-electron chi connectivity index (χ0n) is 15.7. The van der Waals surface area contributed by atoms with Crippen LogP contribution in [0.25, 0.3) is 11.1 Å². The van der Waals surface area contributed by atoms with Crippen molar-refractivity contribution in [2.45, 2.75) is 25.2 Å². The van der Waals surface area contributed by atoms with E-state index in [4.69, 9.17) is 5.84 Å². The van der Waals surface area contributed by atoms with Gasteiger partial charge in [-0.1, -0.05) is 72.8 Å². The molecule has 0 aliphatic rings. The molecule has 0 fully saturated rings. The van der Waals surface area contributed by atoms with Gasteiger partial charge in [0.2, 0.25) is 0 Å². The molecule has 142 valence electrons. The number of hydrazone groups is 1. The molecule has 4 nitrogen and oxygen atoms in total. The monoisotopic (exact) mass is 372 g/mol. The summed E-state index contributed by atoms with van der Waals surface area (Å²) in [7, 11) is 0. The Kier molecular flexibility index (Phi) is 6.58. The maximum Gasteiger partial charge on any atom is 0.303 e. The summed E-state index contributed by atoms with van der Waals surface area (Å²) in [5, 5.41) is 12.9. The second-order valence-corrected chi connectivity index (χ2v) is 6.84. The third kappa shape index (κ3) is 5.30. The van der Waals surface area contributed by atoms with E-state index in [1.807, 2.05) is 42.5 Å². The third-order valence-corrected chi connectivity index (χ3v) is 4.87. The number of carbonyl (C=O) groups is 1. The normalized spacial score (nSPS) is 12.1. The van der Waals surface area contributed by atoms with Crippen LogP contribution in [0.15, 0.2) is 84.0 Å². The van der Waals surface area contributed by atoms with E-state index in [1.165, 1.54) is 16.7 Å². The highest BCUT2D eigenvalue weighted by molar-refractivity contribution is 5.79. The summed E-state index contributed by atoms with van der Waals surface area (Å²) in [5.74, 6) is 4.38. The van der Waals surface area contributed by atoms with E-state index < -0.39 is 5.97 Å². The summed E-state index contributed by atoms with van der Waals surface area (Å²) in [6.07, 6.45) is 3.26. The molecule has 0 aliphatic carbocycles. The van der Waals surface area contributed by atoms with Crippen LogP contribution in [-0.4, -0.2) is 17.3 Å². The van der Waals surface area contributed by atoms with Gasteiger partial charge < -0.3 is 10.9 Å². The molecule has 3 aromatic rings. The molecule has 0 heterocycles. The molecule has 3 aromatic carbocycles. The highest BCUT2D eigenvalue weighted by Crippen LogP contribution is 2.27. The van der Waals surface area contributed by atoms with Crippen molar-refractivity contribution in [1.82, 2.24) is 0 Å². The highest BCUT2D eigenvalue weighted by atomic mass is 16.4. The molecule has 0 radical (unpaired) electrons. The van der Waals surface area contributed by atoms with Crippen molar-refractivity contribution in [3.63, 3.8) is 0 Å². The molecule has 0 amide bonds. The van der Waals surface area contributed by atoms with Crippen LogP contribution in [0.1, 0.15) is 35.4 Å². The Bertz CT molecular complexity index is 934. The average molecular weight is 372 g/mol. The molecule has 0 aliphatic heterocycles. The number of carboxylic acid groups (broad SMARTS) is 1. The van der Waals surface area contributed by atoms with Gasteiger partial charge in [-0.15, -0.1) is 0 Å². The van der Waals surface area contributed by atoms with Gasteiger partial charge in [-0.3, -0.25) is 4.79 Å². The summed E-state index contributed by atoms with van der Waals surface area (Å²) in [4.78, 5) is 11.4. The van der Waals surface area contributed by atoms with Crippen molar-refractivity contribution in [3.05, 3.63) is 95.6 Å². The first-order valence-electron chi connectivity index (χ1n) is 9.35. The lowest BCUT2D eigenvalue weighted by atomic mass is 9.88. The minimum Gasteiger partial charge on any atom is -0.481 e. The number of carboxylic acids is 1. The fourth-order valence-electron chi connectivity index (χ4n) is 3.41. The molecule has 0 aromatic heterocycles. The zero-order valence-corrected chi connectivity index (χ0v) is 15.7. The Morgan fingerprint density at radius 3 is 2.36 bits per heavy atom. The van der Waals surface area contributed by atoms with Gasteiger partial charge in [0.05, 0.1) is 12.6 Å². The van der Waals surface area contributed by atoms with Crippen molar-refractivity contribution in [2.24, 2.45) is 10.9 Å². The molecule has 3 N–H and O–H groups in total. The Morgan fingerprint density at radius 2 is 1.68 bits per heavy atom. The standard InChI is InChI=1S/C24H24N2O2/c25-26-17-19-5-4-8-22(15-19)23(16-24(27)28)14-11-18-9-12-21(13-10-18)20-6-2-1-3-7-20/h1-10,12-13,15,17,23H,11,14,16,25H2,(H,27,28). The van der Waals surface area contributed by atoms with Crippen LogP contribution in [0.4, 0.5) is 0 Å². The predicted octanol–water partition coefficient (Wildman–Crippen LogP) is 4.84. The Morgan fingerprint density at radius 1 is 0.964 bits per heavy atom. The van der Waals surface area contributed by atoms with E-state index >= 15 is 0 Å². The van der Waals surface area contributed by atoms with Crippen molar-refractivity contribution >= 4 is 12.2 Å². The molecular formula is C24H24N2O2. The minimum absolute atomic E-state index is 0.0579. The molecule has 0 saturated heterocycles. The molecule has 0 spiro atoms. The lowest BCUT2D eigenvalue weighted by Crippen LogP contribution is -2.08. The van der Waals surface area contributed by atoms with Gasteiger partial charge in [0.1, 0.15) is 0 Å². The van der Waals surface area contributed by atoms with E-state index in [-0.39, 0.29) is 12.3 Å². The quantitative estimate of drug-likeness (QED) is 0.337. The topological polar surface area (TPSA) is 75.7 Å². The van der Waals surface area contributed by atoms with Gasteiger partial charge in [-0.2, -0.15) is 5.10 Å². The summed E-state index contributed by atoms with van der Waals surface area (Å²) in [6.45, 7) is 0. The Balaban J connectivity index is 1.71. The fourth-order valence-corrected chi connectivity index (χ4v) is 3.41. The molecule has 0 saturated carbocycles. The zero-order chi connectivity index (χ0) is 19.8. The highest BCUT2D eigenvalue weighted by Gasteiger charge is 2.16. The number of nitrogens with zero attached hydrogens (tertiary/aromatic N) is 1. The fraction of sp³-hybridized carbons (Fsp3) is 0.167. The number of benzene rings is 3. The molecule has 3 rings (SSSR count). The van der Waals surface area contributed by atoms with Gasteiger partial charge in [0, 0.05) is 0 Å². The van der Waals surface area contributed by atoms with Crippen LogP contribution in [0, 0.1) is 0 Å². The Hall–Kier alpha value is -3.40. The lowest BCUT2D eigenvalue weighted by Gasteiger charge is -2.16. The SMILES string of the molecule is NN=Cc1cccc(C(CCc2ccc(-c3ccccc3)cc2)CC(=O)O)c1. The van der Waals surface area contributed by atoms with Crippen molar-refractivity contribution in [1.29, 1.82) is 0 Å². The number of aryl methyl sites for hydroxylation is 1. The van der Waals surface area contributed by atoms with Gasteiger partial charge in [-0.05, 0) is 52.6 Å². The van der Waals surface area contributed by atoms with Crippen LogP contribution >= 0.6 is 0 Å². The smallest absolute Gasteiger partial charge is 0.303 e. The summed E-state index contributed by atoms with van der Waals surface area (Å²) >= 11 is 0. The number of rotatable bonds is 8. The predicted molar refractivity (Wildman–Crippen MR) is 113 cm³/mol. The molecule has 4 heteroatoms. The first-order chi connectivity index (χ1) is 13.7. The minimum atomic E-state index is -0.790. The van der Waals surface area contributed by atoms with Crippen molar-refractivity contribution < 1.29 is 9.90 Å². The van der Waals surface area contributed by atoms with Crippen molar-refractivity contribution in [2.75, 3.05) is 0 Å². The van der Waals surface area contributed by atoms with Gasteiger partial charge in [-0.25, -0.2) is 0 Å². The number of hydrogen-bond acceptors (Lipinski definition) is 3. The van der Waals surface area contributed by atoms with E-state index in [2.05, 4.69) is 41.5 Å². The van der Waals surface area contributed by atoms with Crippen LogP contribution in [-0.2, 0) is 11.2 Å². The average Bonchev–Trinajstić information content (AvgIpc) is 2.72. The number of aliphatic carboxylic acids is 1. The van der Waals surface area contributed by atoms with E-state index in [0.29, 0.717) is 0 Å². The second kappa shape index (κ2) is 9.51. The van der Waals surface area contributed by atoms with Crippen LogP contribution in [0.2, 0.25) is 0 Å². The summed E-state index contributed by atoms with van der Waals surface area (Å²) in [6, 6.07) is 26.5. The van der Waals surface area contributed by atoms with E-state index in [0.717, 1.165) is 24.0 Å². The second-order valence-electron chi connectivity index (χ2n) is 6.84. The van der Waals surface area contributed by atoms with Crippen LogP contribution < -0.4 is 5.84 Å². The maximum atomic E-state index is 11.4. The van der Waals surface area contributed by atoms with E-state index in [1.54, 1.807) is 6.21 Å². The first kappa shape index (κ1) is 19.4. The number of hydrogen-bond donors (Lipinski definition) is 2. The summed E-state index contributed by atoms with van der Waals surface area (Å²) in [5.41, 5.74) is 5.45.